The van der Waals surface area contributed by atoms with Crippen molar-refractivity contribution in [3.8, 4) is 0 Å². The summed E-state index contributed by atoms with van der Waals surface area (Å²) in [7, 11) is 4.63. The second-order valence-electron chi connectivity index (χ2n) is 5.01. The summed E-state index contributed by atoms with van der Waals surface area (Å²) >= 11 is 6.04. The zero-order valence-electron chi connectivity index (χ0n) is 13.3. The van der Waals surface area contributed by atoms with E-state index in [1.807, 2.05) is 0 Å². The summed E-state index contributed by atoms with van der Waals surface area (Å²) in [6, 6.07) is 3.46. The maximum Gasteiger partial charge on any atom is 0.330 e. The molecule has 0 fully saturated rings. The highest BCUT2D eigenvalue weighted by Crippen LogP contribution is 2.28. The highest BCUT2D eigenvalue weighted by atomic mass is 35.5. The first-order valence-electron chi connectivity index (χ1n) is 7.01. The second-order valence-corrected chi connectivity index (χ2v) is 5.41. The maximum absolute atomic E-state index is 14.0. The van der Waals surface area contributed by atoms with Crippen LogP contribution < -0.4 is 5.32 Å². The first-order valence-corrected chi connectivity index (χ1v) is 7.38. The van der Waals surface area contributed by atoms with Crippen molar-refractivity contribution in [2.75, 3.05) is 27.7 Å². The van der Waals surface area contributed by atoms with Gasteiger partial charge in [0.05, 0.1) is 7.11 Å². The Labute approximate surface area is 140 Å². The number of amides is 1. The number of methoxy groups -OCH3 is 1. The van der Waals surface area contributed by atoms with Crippen LogP contribution in [0.3, 0.4) is 0 Å². The van der Waals surface area contributed by atoms with Gasteiger partial charge < -0.3 is 10.1 Å². The van der Waals surface area contributed by atoms with Gasteiger partial charge in [0.15, 0.2) is 0 Å². The molecule has 0 aliphatic heterocycles. The van der Waals surface area contributed by atoms with Crippen LogP contribution >= 0.6 is 11.6 Å². The molecule has 1 aromatic rings. The molecule has 1 amide bonds. The third-order valence-corrected chi connectivity index (χ3v) is 3.43. The van der Waals surface area contributed by atoms with Crippen LogP contribution in [0.1, 0.15) is 18.0 Å². The Hall–Kier alpha value is -1.92. The Morgan fingerprint density at radius 3 is 2.70 bits per heavy atom. The number of nitrogens with zero attached hydrogens (tertiary/aromatic N) is 1. The van der Waals surface area contributed by atoms with Crippen LogP contribution in [0, 0.1) is 5.82 Å². The maximum atomic E-state index is 14.0. The topological polar surface area (TPSA) is 58.6 Å². The second kappa shape index (κ2) is 9.27. The first kappa shape index (κ1) is 19.1. The van der Waals surface area contributed by atoms with E-state index in [-0.39, 0.29) is 16.5 Å². The number of likely N-dealkylation sites (N-methyl/N-ethyl adjacent to an activating group) is 1. The molecule has 0 aliphatic rings. The van der Waals surface area contributed by atoms with Crippen molar-refractivity contribution < 1.29 is 18.7 Å². The molecular formula is C16H20ClFN2O3. The van der Waals surface area contributed by atoms with E-state index in [4.69, 9.17) is 11.6 Å². The number of carbonyl (C=O) groups excluding carboxylic acids is 2. The van der Waals surface area contributed by atoms with Crippen LogP contribution in [0.25, 0.3) is 0 Å². The predicted molar refractivity (Wildman–Crippen MR) is 86.6 cm³/mol. The number of carbonyl (C=O) groups is 2. The first-order chi connectivity index (χ1) is 10.9. The van der Waals surface area contributed by atoms with Gasteiger partial charge in [-0.25, -0.2) is 9.18 Å². The Kier molecular flexibility index (Phi) is 7.71. The highest BCUT2D eigenvalue weighted by Gasteiger charge is 2.27. The third-order valence-electron chi connectivity index (χ3n) is 3.10. The number of esters is 1. The van der Waals surface area contributed by atoms with Crippen LogP contribution in [0.2, 0.25) is 5.02 Å². The van der Waals surface area contributed by atoms with Crippen molar-refractivity contribution in [3.05, 3.63) is 46.8 Å². The molecule has 126 valence electrons. The Bertz CT molecular complexity index is 570. The lowest BCUT2D eigenvalue weighted by Gasteiger charge is -2.25. The van der Waals surface area contributed by atoms with Gasteiger partial charge in [0.25, 0.3) is 0 Å². The lowest BCUT2D eigenvalue weighted by Crippen LogP contribution is -2.38. The summed E-state index contributed by atoms with van der Waals surface area (Å²) in [5, 5.41) is 2.90. The molecular weight excluding hydrogens is 323 g/mol. The van der Waals surface area contributed by atoms with Crippen LogP contribution in [0.4, 0.5) is 4.39 Å². The van der Waals surface area contributed by atoms with Gasteiger partial charge in [-0.3, -0.25) is 9.69 Å². The van der Waals surface area contributed by atoms with E-state index in [9.17, 15) is 14.0 Å². The molecule has 0 saturated heterocycles. The smallest absolute Gasteiger partial charge is 0.330 e. The predicted octanol–water partition coefficient (Wildman–Crippen LogP) is 2.32. The van der Waals surface area contributed by atoms with E-state index >= 15 is 0 Å². The number of hydrogen-bond donors (Lipinski definition) is 1. The minimum atomic E-state index is -0.840. The van der Waals surface area contributed by atoms with Crippen molar-refractivity contribution in [1.29, 1.82) is 0 Å². The molecule has 1 unspecified atom stereocenters. The normalized spacial score (nSPS) is 12.4. The molecule has 1 rings (SSSR count). The van der Waals surface area contributed by atoms with E-state index < -0.39 is 17.8 Å². The highest BCUT2D eigenvalue weighted by molar-refractivity contribution is 6.31. The van der Waals surface area contributed by atoms with Crippen LogP contribution in [-0.4, -0.2) is 44.5 Å². The summed E-state index contributed by atoms with van der Waals surface area (Å²) in [5.74, 6) is -1.36. The SMILES string of the molecule is COC(=O)/C=C/CCNC(=O)C(c1c(F)cccc1Cl)N(C)C. The standard InChI is InChI=1S/C16H20ClFN2O3/c1-20(2)15(14-11(17)7-6-8-12(14)18)16(22)19-10-5-4-9-13(21)23-3/h4,6-9,15H,5,10H2,1-3H3,(H,19,22)/b9-4+. The average Bonchev–Trinajstić information content (AvgIpc) is 2.49. The van der Waals surface area contributed by atoms with E-state index in [0.29, 0.717) is 13.0 Å². The van der Waals surface area contributed by atoms with Crippen molar-refractivity contribution in [2.45, 2.75) is 12.5 Å². The molecule has 0 radical (unpaired) electrons. The fourth-order valence-corrected chi connectivity index (χ4v) is 2.29. The summed E-state index contributed by atoms with van der Waals surface area (Å²) in [6.07, 6.45) is 3.32. The molecule has 0 heterocycles. The van der Waals surface area contributed by atoms with Crippen molar-refractivity contribution in [1.82, 2.24) is 10.2 Å². The number of rotatable bonds is 7. The third kappa shape index (κ3) is 5.65. The Morgan fingerprint density at radius 2 is 2.13 bits per heavy atom. The molecule has 1 aromatic carbocycles. The number of ether oxygens (including phenoxy) is 1. The van der Waals surface area contributed by atoms with Crippen LogP contribution in [0.15, 0.2) is 30.4 Å². The van der Waals surface area contributed by atoms with Gasteiger partial charge in [-0.2, -0.15) is 0 Å². The molecule has 1 atom stereocenters. The van der Waals surface area contributed by atoms with E-state index in [1.54, 1.807) is 31.1 Å². The summed E-state index contributed by atoms with van der Waals surface area (Å²) in [6.45, 7) is 0.308. The Balaban J connectivity index is 2.74. The summed E-state index contributed by atoms with van der Waals surface area (Å²) in [5.41, 5.74) is 0.141. The van der Waals surface area contributed by atoms with Crippen molar-refractivity contribution in [3.63, 3.8) is 0 Å². The largest absolute Gasteiger partial charge is 0.466 e. The molecule has 23 heavy (non-hydrogen) atoms. The molecule has 0 bridgehead atoms. The molecule has 1 N–H and O–H groups in total. The van der Waals surface area contributed by atoms with Gasteiger partial charge in [0, 0.05) is 23.2 Å². The molecule has 5 nitrogen and oxygen atoms in total. The zero-order chi connectivity index (χ0) is 17.4. The fourth-order valence-electron chi connectivity index (χ4n) is 2.02. The van der Waals surface area contributed by atoms with Gasteiger partial charge >= 0.3 is 5.97 Å². The number of nitrogens with one attached hydrogen (secondary N) is 1. The quantitative estimate of drug-likeness (QED) is 0.469. The lowest BCUT2D eigenvalue weighted by atomic mass is 10.0. The lowest BCUT2D eigenvalue weighted by molar-refractivity contribution is -0.134. The van der Waals surface area contributed by atoms with E-state index in [0.717, 1.165) is 0 Å². The van der Waals surface area contributed by atoms with Crippen LogP contribution in [-0.2, 0) is 14.3 Å². The number of hydrogen-bond acceptors (Lipinski definition) is 4. The summed E-state index contributed by atoms with van der Waals surface area (Å²) in [4.78, 5) is 24.8. The minimum absolute atomic E-state index is 0.141. The Morgan fingerprint density at radius 1 is 1.43 bits per heavy atom. The molecule has 0 spiro atoms. The fraction of sp³-hybridized carbons (Fsp3) is 0.375. The number of halogens is 2. The van der Waals surface area contributed by atoms with Gasteiger partial charge in [0.1, 0.15) is 11.9 Å². The van der Waals surface area contributed by atoms with Gasteiger partial charge in [-0.15, -0.1) is 0 Å². The molecule has 0 saturated carbocycles. The zero-order valence-corrected chi connectivity index (χ0v) is 14.1. The van der Waals surface area contributed by atoms with Crippen LogP contribution in [0.5, 0.6) is 0 Å². The van der Waals surface area contributed by atoms with Gasteiger partial charge in [0.2, 0.25) is 5.91 Å². The minimum Gasteiger partial charge on any atom is -0.466 e. The average molecular weight is 343 g/mol. The molecule has 0 aliphatic carbocycles. The van der Waals surface area contributed by atoms with Gasteiger partial charge in [-0.1, -0.05) is 23.7 Å². The molecule has 7 heteroatoms. The number of benzene rings is 1. The van der Waals surface area contributed by atoms with Gasteiger partial charge in [-0.05, 0) is 32.6 Å². The van der Waals surface area contributed by atoms with E-state index in [1.165, 1.54) is 25.3 Å². The monoisotopic (exact) mass is 342 g/mol. The summed E-state index contributed by atoms with van der Waals surface area (Å²) < 4.78 is 18.5. The molecule has 0 aromatic heterocycles. The van der Waals surface area contributed by atoms with Crippen molar-refractivity contribution >= 4 is 23.5 Å². The van der Waals surface area contributed by atoms with E-state index in [2.05, 4.69) is 10.1 Å². The van der Waals surface area contributed by atoms with Crippen molar-refractivity contribution in [2.24, 2.45) is 0 Å².